The maximum absolute atomic E-state index is 12.0. The smallest absolute Gasteiger partial charge is 0.339 e. The Morgan fingerprint density at radius 3 is 2.54 bits per heavy atom. The molecule has 6 heteroatoms. The standard InChI is InChI=1S/C22H27ClN2O2S/c1-5-27-20(26)18-13-17(11-12-19(18)23)25-21(28)24-15(2)14-22(3,4)16-9-7-6-8-10-16/h6-13,15H,5,14H2,1-4H3,(H2,24,25,28). The zero-order chi connectivity index (χ0) is 20.7. The maximum Gasteiger partial charge on any atom is 0.339 e. The van der Waals surface area contributed by atoms with E-state index in [-0.39, 0.29) is 11.5 Å². The third kappa shape index (κ3) is 6.21. The number of benzene rings is 2. The van der Waals surface area contributed by atoms with Gasteiger partial charge in [-0.2, -0.15) is 0 Å². The van der Waals surface area contributed by atoms with Crippen LogP contribution < -0.4 is 10.6 Å². The van der Waals surface area contributed by atoms with Gasteiger partial charge in [0, 0.05) is 11.7 Å². The topological polar surface area (TPSA) is 50.4 Å². The summed E-state index contributed by atoms with van der Waals surface area (Å²) in [5.74, 6) is -0.451. The predicted molar refractivity (Wildman–Crippen MR) is 120 cm³/mol. The molecule has 0 aliphatic carbocycles. The van der Waals surface area contributed by atoms with E-state index >= 15 is 0 Å². The Morgan fingerprint density at radius 2 is 1.89 bits per heavy atom. The van der Waals surface area contributed by atoms with Crippen LogP contribution in [0, 0.1) is 0 Å². The summed E-state index contributed by atoms with van der Waals surface area (Å²) in [6.07, 6.45) is 0.910. The van der Waals surface area contributed by atoms with Crippen LogP contribution in [0.25, 0.3) is 0 Å². The molecule has 0 aliphatic heterocycles. The van der Waals surface area contributed by atoms with Crippen molar-refractivity contribution in [3.05, 3.63) is 64.7 Å². The number of rotatable bonds is 7. The first kappa shape index (κ1) is 22.2. The summed E-state index contributed by atoms with van der Waals surface area (Å²) in [7, 11) is 0. The zero-order valence-corrected chi connectivity index (χ0v) is 18.3. The van der Waals surface area contributed by atoms with Gasteiger partial charge in [-0.25, -0.2) is 4.79 Å². The second kappa shape index (κ2) is 9.89. The van der Waals surface area contributed by atoms with E-state index < -0.39 is 5.97 Å². The molecule has 0 fully saturated rings. The fourth-order valence-corrected chi connectivity index (χ4v) is 3.70. The number of carbonyl (C=O) groups is 1. The molecule has 0 heterocycles. The summed E-state index contributed by atoms with van der Waals surface area (Å²) in [5.41, 5.74) is 2.30. The van der Waals surface area contributed by atoms with Crippen LogP contribution >= 0.6 is 23.8 Å². The molecule has 28 heavy (non-hydrogen) atoms. The van der Waals surface area contributed by atoms with Gasteiger partial charge in [0.05, 0.1) is 17.2 Å². The first-order chi connectivity index (χ1) is 13.2. The van der Waals surface area contributed by atoms with Crippen molar-refractivity contribution in [3.63, 3.8) is 0 Å². The van der Waals surface area contributed by atoms with E-state index in [1.165, 1.54) is 5.56 Å². The zero-order valence-electron chi connectivity index (χ0n) is 16.7. The lowest BCUT2D eigenvalue weighted by Gasteiger charge is -2.29. The van der Waals surface area contributed by atoms with Gasteiger partial charge in [0.25, 0.3) is 0 Å². The van der Waals surface area contributed by atoms with Crippen LogP contribution in [0.2, 0.25) is 5.02 Å². The molecule has 0 spiro atoms. The maximum atomic E-state index is 12.0. The Bertz CT molecular complexity index is 825. The minimum absolute atomic E-state index is 0.0145. The van der Waals surface area contributed by atoms with Crippen molar-refractivity contribution >= 4 is 40.6 Å². The van der Waals surface area contributed by atoms with Gasteiger partial charge in [0.1, 0.15) is 0 Å². The number of ether oxygens (including phenoxy) is 1. The normalized spacial score (nSPS) is 12.2. The van der Waals surface area contributed by atoms with Crippen molar-refractivity contribution in [2.75, 3.05) is 11.9 Å². The van der Waals surface area contributed by atoms with Crippen LogP contribution in [0.4, 0.5) is 5.69 Å². The lowest BCUT2D eigenvalue weighted by atomic mass is 9.79. The molecular weight excluding hydrogens is 392 g/mol. The van der Waals surface area contributed by atoms with Crippen molar-refractivity contribution in [3.8, 4) is 0 Å². The largest absolute Gasteiger partial charge is 0.462 e. The van der Waals surface area contributed by atoms with E-state index in [2.05, 4.69) is 55.7 Å². The highest BCUT2D eigenvalue weighted by atomic mass is 35.5. The monoisotopic (exact) mass is 418 g/mol. The van der Waals surface area contributed by atoms with Gasteiger partial charge in [-0.1, -0.05) is 55.8 Å². The van der Waals surface area contributed by atoms with Crippen LogP contribution in [-0.2, 0) is 10.2 Å². The SMILES string of the molecule is CCOC(=O)c1cc(NC(=S)NC(C)CC(C)(C)c2ccccc2)ccc1Cl. The molecule has 2 N–H and O–H groups in total. The molecule has 0 saturated heterocycles. The summed E-state index contributed by atoms with van der Waals surface area (Å²) in [4.78, 5) is 12.0. The van der Waals surface area contributed by atoms with Gasteiger partial charge in [0.15, 0.2) is 5.11 Å². The molecule has 1 unspecified atom stereocenters. The predicted octanol–water partition coefficient (Wildman–Crippen LogP) is 5.56. The van der Waals surface area contributed by atoms with Crippen LogP contribution in [0.15, 0.2) is 48.5 Å². The third-order valence-corrected chi connectivity index (χ3v) is 5.02. The number of carbonyl (C=O) groups excluding carboxylic acids is 1. The number of anilines is 1. The van der Waals surface area contributed by atoms with Crippen molar-refractivity contribution in [2.45, 2.75) is 45.6 Å². The molecular formula is C22H27ClN2O2S. The molecule has 0 amide bonds. The molecule has 2 aromatic rings. The van der Waals surface area contributed by atoms with Crippen molar-refractivity contribution in [2.24, 2.45) is 0 Å². The molecule has 0 aliphatic rings. The van der Waals surface area contributed by atoms with Crippen molar-refractivity contribution < 1.29 is 9.53 Å². The highest BCUT2D eigenvalue weighted by Gasteiger charge is 2.23. The summed E-state index contributed by atoms with van der Waals surface area (Å²) < 4.78 is 5.03. The number of hydrogen-bond donors (Lipinski definition) is 2. The minimum Gasteiger partial charge on any atom is -0.462 e. The molecule has 2 aromatic carbocycles. The lowest BCUT2D eigenvalue weighted by Crippen LogP contribution is -2.39. The Morgan fingerprint density at radius 1 is 1.21 bits per heavy atom. The average Bonchev–Trinajstić information content (AvgIpc) is 2.63. The summed E-state index contributed by atoms with van der Waals surface area (Å²) in [5, 5.41) is 7.27. The second-order valence-corrected chi connectivity index (χ2v) is 8.18. The highest BCUT2D eigenvalue weighted by Crippen LogP contribution is 2.28. The number of esters is 1. The Labute approximate surface area is 177 Å². The van der Waals surface area contributed by atoms with Crippen LogP contribution in [0.3, 0.4) is 0 Å². The van der Waals surface area contributed by atoms with Gasteiger partial charge in [-0.15, -0.1) is 0 Å². The first-order valence-electron chi connectivity index (χ1n) is 9.32. The first-order valence-corrected chi connectivity index (χ1v) is 10.1. The van der Waals surface area contributed by atoms with Crippen LogP contribution in [0.5, 0.6) is 0 Å². The van der Waals surface area contributed by atoms with E-state index in [1.54, 1.807) is 25.1 Å². The number of nitrogens with one attached hydrogen (secondary N) is 2. The molecule has 150 valence electrons. The molecule has 0 bridgehead atoms. The molecule has 0 radical (unpaired) electrons. The Balaban J connectivity index is 1.98. The average molecular weight is 419 g/mol. The fraction of sp³-hybridized carbons (Fsp3) is 0.364. The van der Waals surface area contributed by atoms with Gasteiger partial charge >= 0.3 is 5.97 Å². The summed E-state index contributed by atoms with van der Waals surface area (Å²) in [6.45, 7) is 8.60. The molecule has 0 saturated carbocycles. The number of hydrogen-bond acceptors (Lipinski definition) is 3. The fourth-order valence-electron chi connectivity index (χ4n) is 3.18. The van der Waals surface area contributed by atoms with Gasteiger partial charge < -0.3 is 15.4 Å². The van der Waals surface area contributed by atoms with Crippen LogP contribution in [0.1, 0.15) is 50.0 Å². The number of halogens is 1. The highest BCUT2D eigenvalue weighted by molar-refractivity contribution is 7.80. The molecule has 2 rings (SSSR count). The minimum atomic E-state index is -0.451. The lowest BCUT2D eigenvalue weighted by molar-refractivity contribution is 0.0526. The second-order valence-electron chi connectivity index (χ2n) is 7.37. The van der Waals surface area contributed by atoms with E-state index in [9.17, 15) is 4.79 Å². The quantitative estimate of drug-likeness (QED) is 0.455. The summed E-state index contributed by atoms with van der Waals surface area (Å²) >= 11 is 11.5. The van der Waals surface area contributed by atoms with Crippen molar-refractivity contribution in [1.29, 1.82) is 0 Å². The van der Waals surface area contributed by atoms with Gasteiger partial charge in [-0.05, 0) is 61.7 Å². The van der Waals surface area contributed by atoms with E-state index in [4.69, 9.17) is 28.6 Å². The van der Waals surface area contributed by atoms with E-state index in [0.717, 1.165) is 6.42 Å². The molecule has 0 aromatic heterocycles. The van der Waals surface area contributed by atoms with Gasteiger partial charge in [0.2, 0.25) is 0 Å². The third-order valence-electron chi connectivity index (χ3n) is 4.47. The Hall–Kier alpha value is -2.11. The Kier molecular flexibility index (Phi) is 7.84. The van der Waals surface area contributed by atoms with E-state index in [1.807, 2.05) is 6.07 Å². The molecule has 4 nitrogen and oxygen atoms in total. The van der Waals surface area contributed by atoms with Crippen LogP contribution in [-0.4, -0.2) is 23.7 Å². The van der Waals surface area contributed by atoms with Gasteiger partial charge in [-0.3, -0.25) is 0 Å². The van der Waals surface area contributed by atoms with Crippen molar-refractivity contribution in [1.82, 2.24) is 5.32 Å². The molecule has 1 atom stereocenters. The number of thiocarbonyl (C=S) groups is 1. The van der Waals surface area contributed by atoms with E-state index in [0.29, 0.717) is 28.0 Å². The summed E-state index contributed by atoms with van der Waals surface area (Å²) in [6, 6.07) is 15.7.